The van der Waals surface area contributed by atoms with Gasteiger partial charge in [-0.2, -0.15) is 0 Å². The Morgan fingerprint density at radius 3 is 2.67 bits per heavy atom. The van der Waals surface area contributed by atoms with Gasteiger partial charge in [-0.15, -0.1) is 0 Å². The molecule has 2 bridgehead atoms. The average Bonchev–Trinajstić information content (AvgIpc) is 2.58. The zero-order valence-corrected chi connectivity index (χ0v) is 13.3. The van der Waals surface area contributed by atoms with Crippen molar-refractivity contribution in [3.8, 4) is 0 Å². The number of carbonyl (C=O) groups is 1. The molecule has 0 unspecified atom stereocenters. The minimum Gasteiger partial charge on any atom is -0.341 e. The number of hydrogen-bond donors (Lipinski definition) is 0. The van der Waals surface area contributed by atoms with Gasteiger partial charge in [0.25, 0.3) is 5.56 Å². The van der Waals surface area contributed by atoms with Crippen LogP contribution < -0.4 is 5.56 Å². The second-order valence-corrected chi connectivity index (χ2v) is 6.80. The van der Waals surface area contributed by atoms with Crippen LogP contribution in [0.4, 0.5) is 4.39 Å². The number of halogens is 1. The number of pyridine rings is 1. The topological polar surface area (TPSA) is 42.3 Å². The predicted octanol–water partition coefficient (Wildman–Crippen LogP) is 2.18. The summed E-state index contributed by atoms with van der Waals surface area (Å²) in [5.41, 5.74) is 1.92. The van der Waals surface area contributed by atoms with Gasteiger partial charge in [-0.25, -0.2) is 4.39 Å². The first-order chi connectivity index (χ1) is 11.6. The zero-order chi connectivity index (χ0) is 16.7. The third-order valence-corrected chi connectivity index (χ3v) is 5.10. The van der Waals surface area contributed by atoms with Crippen LogP contribution in [0.25, 0.3) is 0 Å². The molecule has 5 heteroatoms. The molecule has 2 aromatic rings. The molecule has 4 rings (SSSR count). The molecule has 1 aromatic carbocycles. The number of benzene rings is 1. The SMILES string of the molecule is O=C(Cc1ccc(F)cc1)N1C[C@H]2C[C@H](C1)c1cccc(=O)n1C2. The van der Waals surface area contributed by atoms with Crippen molar-refractivity contribution in [3.05, 3.63) is 69.9 Å². The van der Waals surface area contributed by atoms with E-state index in [1.54, 1.807) is 24.3 Å². The largest absolute Gasteiger partial charge is 0.341 e. The fourth-order valence-corrected chi connectivity index (χ4v) is 3.99. The molecule has 3 heterocycles. The minimum absolute atomic E-state index is 0.0493. The molecule has 4 nitrogen and oxygen atoms in total. The van der Waals surface area contributed by atoms with Gasteiger partial charge < -0.3 is 9.47 Å². The van der Waals surface area contributed by atoms with E-state index in [0.29, 0.717) is 32.0 Å². The standard InChI is InChI=1S/C19H19FN2O2/c20-16-6-4-13(5-7-16)9-19(24)21-10-14-8-15(12-21)17-2-1-3-18(23)22(17)11-14/h1-7,14-15H,8-12H2/t14-,15-/m1/s1. The normalized spacial score (nSPS) is 22.1. The number of likely N-dealkylation sites (tertiary alicyclic amines) is 1. The van der Waals surface area contributed by atoms with Crippen LogP contribution in [0, 0.1) is 11.7 Å². The van der Waals surface area contributed by atoms with E-state index < -0.39 is 0 Å². The molecule has 2 atom stereocenters. The lowest BCUT2D eigenvalue weighted by atomic mass is 9.83. The molecule has 0 N–H and O–H groups in total. The summed E-state index contributed by atoms with van der Waals surface area (Å²) in [6.07, 6.45) is 1.32. The lowest BCUT2D eigenvalue weighted by Gasteiger charge is -2.42. The van der Waals surface area contributed by atoms with Crippen LogP contribution in [-0.2, 0) is 17.8 Å². The van der Waals surface area contributed by atoms with Gasteiger partial charge in [-0.05, 0) is 36.1 Å². The lowest BCUT2D eigenvalue weighted by molar-refractivity contribution is -0.133. The van der Waals surface area contributed by atoms with Crippen molar-refractivity contribution < 1.29 is 9.18 Å². The summed E-state index contributed by atoms with van der Waals surface area (Å²) in [6.45, 7) is 2.03. The molecular weight excluding hydrogens is 307 g/mol. The third kappa shape index (κ3) is 2.75. The molecule has 24 heavy (non-hydrogen) atoms. The highest BCUT2D eigenvalue weighted by Gasteiger charge is 2.36. The summed E-state index contributed by atoms with van der Waals surface area (Å²) < 4.78 is 14.8. The quantitative estimate of drug-likeness (QED) is 0.849. The number of fused-ring (bicyclic) bond motifs is 4. The van der Waals surface area contributed by atoms with Gasteiger partial charge >= 0.3 is 0 Å². The van der Waals surface area contributed by atoms with Crippen molar-refractivity contribution in [2.45, 2.75) is 25.3 Å². The van der Waals surface area contributed by atoms with E-state index in [0.717, 1.165) is 17.7 Å². The Balaban J connectivity index is 1.52. The number of hydrogen-bond acceptors (Lipinski definition) is 2. The monoisotopic (exact) mass is 326 g/mol. The zero-order valence-electron chi connectivity index (χ0n) is 13.3. The fraction of sp³-hybridized carbons (Fsp3) is 0.368. The highest BCUT2D eigenvalue weighted by molar-refractivity contribution is 5.79. The van der Waals surface area contributed by atoms with Crippen LogP contribution in [0.3, 0.4) is 0 Å². The molecule has 0 saturated carbocycles. The molecule has 1 amide bonds. The second kappa shape index (κ2) is 5.89. The average molecular weight is 326 g/mol. The maximum Gasteiger partial charge on any atom is 0.250 e. The smallest absolute Gasteiger partial charge is 0.250 e. The molecule has 2 aliphatic heterocycles. The first kappa shape index (κ1) is 15.1. The molecule has 124 valence electrons. The molecular formula is C19H19FN2O2. The van der Waals surface area contributed by atoms with Crippen LogP contribution >= 0.6 is 0 Å². The molecule has 1 saturated heterocycles. The highest BCUT2D eigenvalue weighted by atomic mass is 19.1. The number of amides is 1. The maximum absolute atomic E-state index is 13.0. The summed E-state index contributed by atoms with van der Waals surface area (Å²) in [5, 5.41) is 0. The van der Waals surface area contributed by atoms with Crippen LogP contribution in [0.5, 0.6) is 0 Å². The lowest BCUT2D eigenvalue weighted by Crippen LogP contribution is -2.49. The van der Waals surface area contributed by atoms with E-state index in [-0.39, 0.29) is 23.2 Å². The van der Waals surface area contributed by atoms with E-state index in [1.165, 1.54) is 12.1 Å². The summed E-state index contributed by atoms with van der Waals surface area (Å²) >= 11 is 0. The minimum atomic E-state index is -0.291. The Kier molecular flexibility index (Phi) is 3.71. The first-order valence-corrected chi connectivity index (χ1v) is 8.32. The van der Waals surface area contributed by atoms with E-state index in [2.05, 4.69) is 0 Å². The van der Waals surface area contributed by atoms with Crippen LogP contribution in [0.1, 0.15) is 23.6 Å². The van der Waals surface area contributed by atoms with Gasteiger partial charge in [0.1, 0.15) is 5.82 Å². The molecule has 0 aliphatic carbocycles. The fourth-order valence-electron chi connectivity index (χ4n) is 3.99. The van der Waals surface area contributed by atoms with Crippen molar-refractivity contribution in [2.24, 2.45) is 5.92 Å². The number of aromatic nitrogens is 1. The Morgan fingerprint density at radius 2 is 1.88 bits per heavy atom. The number of nitrogens with zero attached hydrogens (tertiary/aromatic N) is 2. The molecule has 1 fully saturated rings. The maximum atomic E-state index is 13.0. The van der Waals surface area contributed by atoms with Crippen molar-refractivity contribution in [2.75, 3.05) is 13.1 Å². The molecule has 2 aliphatic rings. The van der Waals surface area contributed by atoms with Crippen molar-refractivity contribution in [1.29, 1.82) is 0 Å². The highest BCUT2D eigenvalue weighted by Crippen LogP contribution is 2.35. The van der Waals surface area contributed by atoms with Crippen LogP contribution in [-0.4, -0.2) is 28.5 Å². The van der Waals surface area contributed by atoms with E-state index in [4.69, 9.17) is 0 Å². The second-order valence-electron chi connectivity index (χ2n) is 6.80. The predicted molar refractivity (Wildman–Crippen MR) is 88.2 cm³/mol. The van der Waals surface area contributed by atoms with Gasteiger partial charge in [0, 0.05) is 37.3 Å². The van der Waals surface area contributed by atoms with Crippen molar-refractivity contribution in [1.82, 2.24) is 9.47 Å². The van der Waals surface area contributed by atoms with Crippen molar-refractivity contribution in [3.63, 3.8) is 0 Å². The Morgan fingerprint density at radius 1 is 1.08 bits per heavy atom. The summed E-state index contributed by atoms with van der Waals surface area (Å²) in [7, 11) is 0. The van der Waals surface area contributed by atoms with E-state index >= 15 is 0 Å². The Hall–Kier alpha value is -2.43. The van der Waals surface area contributed by atoms with Crippen molar-refractivity contribution >= 4 is 5.91 Å². The van der Waals surface area contributed by atoms with Gasteiger partial charge in [0.15, 0.2) is 0 Å². The van der Waals surface area contributed by atoms with Crippen LogP contribution in [0.15, 0.2) is 47.3 Å². The number of carbonyl (C=O) groups excluding carboxylic acids is 1. The Labute approximate surface area is 139 Å². The third-order valence-electron chi connectivity index (χ3n) is 5.10. The number of rotatable bonds is 2. The molecule has 0 radical (unpaired) electrons. The first-order valence-electron chi connectivity index (χ1n) is 8.32. The van der Waals surface area contributed by atoms with E-state index in [9.17, 15) is 14.0 Å². The summed E-state index contributed by atoms with van der Waals surface area (Å²) in [4.78, 5) is 26.6. The van der Waals surface area contributed by atoms with E-state index in [1.807, 2.05) is 15.5 Å². The summed E-state index contributed by atoms with van der Waals surface area (Å²) in [6, 6.07) is 11.5. The van der Waals surface area contributed by atoms with Gasteiger partial charge in [-0.1, -0.05) is 18.2 Å². The van der Waals surface area contributed by atoms with Gasteiger partial charge in [-0.3, -0.25) is 9.59 Å². The van der Waals surface area contributed by atoms with Gasteiger partial charge in [0.05, 0.1) is 6.42 Å². The van der Waals surface area contributed by atoms with Gasteiger partial charge in [0.2, 0.25) is 5.91 Å². The summed E-state index contributed by atoms with van der Waals surface area (Å²) in [5.74, 6) is 0.334. The molecule has 0 spiro atoms. The molecule has 1 aromatic heterocycles. The number of piperidine rings is 1. The Bertz CT molecular complexity index is 828. The van der Waals surface area contributed by atoms with Crippen LogP contribution in [0.2, 0.25) is 0 Å².